The fraction of sp³-hybridized carbons (Fsp3) is 0.682. The van der Waals surface area contributed by atoms with E-state index >= 15 is 0 Å². The van der Waals surface area contributed by atoms with Gasteiger partial charge in [-0.2, -0.15) is 0 Å². The molecule has 3 unspecified atom stereocenters. The summed E-state index contributed by atoms with van der Waals surface area (Å²) in [5, 5.41) is 7.40. The molecule has 2 heterocycles. The highest BCUT2D eigenvalue weighted by Gasteiger charge is 2.34. The highest BCUT2D eigenvalue weighted by Crippen LogP contribution is 2.29. The minimum absolute atomic E-state index is 0. The lowest BCUT2D eigenvalue weighted by molar-refractivity contribution is 0.0524. The molecule has 3 fully saturated rings. The number of hydrogen-bond donors (Lipinski definition) is 2. The largest absolute Gasteiger partial charge is 0.379 e. The zero-order valence-corrected chi connectivity index (χ0v) is 17.5. The Kier molecular flexibility index (Phi) is 8.15. The lowest BCUT2D eigenvalue weighted by Gasteiger charge is -2.33. The number of amides is 1. The number of halogens is 1. The number of carbonyl (C=O) groups is 1. The maximum absolute atomic E-state index is 12.6. The maximum Gasteiger partial charge on any atom is 0.253 e. The van der Waals surface area contributed by atoms with Gasteiger partial charge < -0.3 is 20.3 Å². The molecule has 1 aromatic carbocycles. The predicted molar refractivity (Wildman–Crippen MR) is 114 cm³/mol. The Hall–Kier alpha value is -1.14. The Morgan fingerprint density at radius 1 is 1.11 bits per heavy atom. The quantitative estimate of drug-likeness (QED) is 0.787. The Morgan fingerprint density at radius 2 is 1.89 bits per heavy atom. The molecular weight excluding hydrogens is 374 g/mol. The van der Waals surface area contributed by atoms with Gasteiger partial charge >= 0.3 is 0 Å². The van der Waals surface area contributed by atoms with Crippen LogP contribution in [0.4, 0.5) is 0 Å². The van der Waals surface area contributed by atoms with Crippen molar-refractivity contribution < 1.29 is 9.53 Å². The number of rotatable bonds is 5. The first kappa shape index (κ1) is 21.6. The topological polar surface area (TPSA) is 53.6 Å². The second-order valence-electron chi connectivity index (χ2n) is 8.27. The number of morpholine rings is 1. The summed E-state index contributed by atoms with van der Waals surface area (Å²) in [6, 6.07) is 9.25. The number of nitrogens with zero attached hydrogens (tertiary/aromatic N) is 1. The molecule has 5 nitrogen and oxygen atoms in total. The number of likely N-dealkylation sites (tertiary alicyclic amines) is 1. The molecule has 1 aliphatic carbocycles. The molecule has 0 radical (unpaired) electrons. The molecule has 156 valence electrons. The van der Waals surface area contributed by atoms with Gasteiger partial charge in [0.25, 0.3) is 5.91 Å². The number of piperidine rings is 1. The van der Waals surface area contributed by atoms with Gasteiger partial charge in [0.15, 0.2) is 0 Å². The average Bonchev–Trinajstić information content (AvgIpc) is 3.22. The lowest BCUT2D eigenvalue weighted by Crippen LogP contribution is -2.50. The van der Waals surface area contributed by atoms with Crippen LogP contribution < -0.4 is 10.6 Å². The van der Waals surface area contributed by atoms with Crippen molar-refractivity contribution in [3.05, 3.63) is 35.4 Å². The van der Waals surface area contributed by atoms with Crippen molar-refractivity contribution >= 4 is 18.3 Å². The van der Waals surface area contributed by atoms with E-state index in [1.165, 1.54) is 31.2 Å². The molecule has 1 amide bonds. The smallest absolute Gasteiger partial charge is 0.253 e. The maximum atomic E-state index is 12.6. The van der Waals surface area contributed by atoms with Gasteiger partial charge in [0, 0.05) is 43.8 Å². The van der Waals surface area contributed by atoms with Gasteiger partial charge in [-0.15, -0.1) is 12.4 Å². The highest BCUT2D eigenvalue weighted by molar-refractivity contribution is 5.94. The van der Waals surface area contributed by atoms with Gasteiger partial charge in [0.05, 0.1) is 13.2 Å². The Labute approximate surface area is 175 Å². The minimum atomic E-state index is 0. The molecule has 3 aliphatic rings. The lowest BCUT2D eigenvalue weighted by atomic mass is 9.94. The average molecular weight is 408 g/mol. The van der Waals surface area contributed by atoms with Crippen molar-refractivity contribution in [3.8, 4) is 0 Å². The van der Waals surface area contributed by atoms with Crippen molar-refractivity contribution in [2.75, 3.05) is 32.8 Å². The number of carbonyl (C=O) groups excluding carboxylic acids is 1. The molecule has 6 heteroatoms. The molecular formula is C22H34ClN3O2. The monoisotopic (exact) mass is 407 g/mol. The van der Waals surface area contributed by atoms with Crippen molar-refractivity contribution in [2.45, 2.75) is 57.2 Å². The van der Waals surface area contributed by atoms with E-state index in [9.17, 15) is 4.79 Å². The highest BCUT2D eigenvalue weighted by atomic mass is 35.5. The van der Waals surface area contributed by atoms with Gasteiger partial charge in [0.1, 0.15) is 0 Å². The van der Waals surface area contributed by atoms with Gasteiger partial charge in [-0.05, 0) is 55.7 Å². The van der Waals surface area contributed by atoms with Crippen LogP contribution in [0.15, 0.2) is 24.3 Å². The summed E-state index contributed by atoms with van der Waals surface area (Å²) < 4.78 is 5.66. The third kappa shape index (κ3) is 5.26. The molecule has 0 spiro atoms. The van der Waals surface area contributed by atoms with Crippen LogP contribution in [0.5, 0.6) is 0 Å². The zero-order valence-electron chi connectivity index (χ0n) is 16.7. The molecule has 2 N–H and O–H groups in total. The second-order valence-corrected chi connectivity index (χ2v) is 8.27. The SMILES string of the molecule is Cl.O=C(c1ccc(CNC2CCCC2C2COCCN2)cc1)N1CCCCC1. The number of benzene rings is 1. The van der Waals surface area contributed by atoms with Crippen LogP contribution in [0.1, 0.15) is 54.4 Å². The molecule has 1 saturated carbocycles. The van der Waals surface area contributed by atoms with Gasteiger partial charge in [0.2, 0.25) is 0 Å². The third-order valence-corrected chi connectivity index (χ3v) is 6.45. The van der Waals surface area contributed by atoms with Crippen LogP contribution in [-0.2, 0) is 11.3 Å². The minimum Gasteiger partial charge on any atom is -0.379 e. The first-order valence-corrected chi connectivity index (χ1v) is 10.7. The van der Waals surface area contributed by atoms with Crippen LogP contribution in [0, 0.1) is 5.92 Å². The molecule has 0 bridgehead atoms. The predicted octanol–water partition coefficient (Wildman–Crippen LogP) is 2.98. The van der Waals surface area contributed by atoms with Crippen LogP contribution in [-0.4, -0.2) is 55.7 Å². The molecule has 28 heavy (non-hydrogen) atoms. The summed E-state index contributed by atoms with van der Waals surface area (Å²) in [5.41, 5.74) is 2.08. The molecule has 2 aliphatic heterocycles. The number of ether oxygens (including phenoxy) is 1. The normalized spacial score (nSPS) is 28.0. The Morgan fingerprint density at radius 3 is 2.61 bits per heavy atom. The summed E-state index contributed by atoms with van der Waals surface area (Å²) in [6.45, 7) is 5.33. The summed E-state index contributed by atoms with van der Waals surface area (Å²) >= 11 is 0. The summed E-state index contributed by atoms with van der Waals surface area (Å²) in [4.78, 5) is 14.6. The summed E-state index contributed by atoms with van der Waals surface area (Å²) in [7, 11) is 0. The fourth-order valence-corrected chi connectivity index (χ4v) is 4.88. The van der Waals surface area contributed by atoms with Crippen LogP contribution in [0.3, 0.4) is 0 Å². The molecule has 4 rings (SSSR count). The van der Waals surface area contributed by atoms with Gasteiger partial charge in [-0.3, -0.25) is 4.79 Å². The van der Waals surface area contributed by atoms with Crippen molar-refractivity contribution in [2.24, 2.45) is 5.92 Å². The van der Waals surface area contributed by atoms with E-state index < -0.39 is 0 Å². The number of hydrogen-bond acceptors (Lipinski definition) is 4. The van der Waals surface area contributed by atoms with E-state index in [-0.39, 0.29) is 18.3 Å². The van der Waals surface area contributed by atoms with Crippen LogP contribution >= 0.6 is 12.4 Å². The molecule has 0 aromatic heterocycles. The standard InChI is InChI=1S/C22H33N3O2.ClH/c26-22(25-12-2-1-3-13-25)18-9-7-17(8-10-18)15-24-20-6-4-5-19(20)21-16-27-14-11-23-21;/h7-10,19-21,23-24H,1-6,11-16H2;1H. The molecule has 1 aromatic rings. The van der Waals surface area contributed by atoms with Crippen LogP contribution in [0.25, 0.3) is 0 Å². The first-order chi connectivity index (χ1) is 13.3. The number of nitrogens with one attached hydrogen (secondary N) is 2. The summed E-state index contributed by atoms with van der Waals surface area (Å²) in [5.74, 6) is 0.846. The molecule has 3 atom stereocenters. The van der Waals surface area contributed by atoms with Crippen molar-refractivity contribution in [1.82, 2.24) is 15.5 Å². The second kappa shape index (κ2) is 10.6. The fourth-order valence-electron chi connectivity index (χ4n) is 4.88. The summed E-state index contributed by atoms with van der Waals surface area (Å²) in [6.07, 6.45) is 7.34. The Bertz CT molecular complexity index is 613. The van der Waals surface area contributed by atoms with Crippen molar-refractivity contribution in [3.63, 3.8) is 0 Å². The van der Waals surface area contributed by atoms with E-state index in [0.29, 0.717) is 18.0 Å². The van der Waals surface area contributed by atoms with E-state index in [0.717, 1.165) is 57.8 Å². The van der Waals surface area contributed by atoms with Gasteiger partial charge in [-0.1, -0.05) is 18.6 Å². The van der Waals surface area contributed by atoms with E-state index in [2.05, 4.69) is 22.8 Å². The third-order valence-electron chi connectivity index (χ3n) is 6.45. The molecule has 2 saturated heterocycles. The Balaban J connectivity index is 0.00000225. The first-order valence-electron chi connectivity index (χ1n) is 10.7. The van der Waals surface area contributed by atoms with E-state index in [1.54, 1.807) is 0 Å². The van der Waals surface area contributed by atoms with Crippen molar-refractivity contribution in [1.29, 1.82) is 0 Å². The van der Waals surface area contributed by atoms with E-state index in [4.69, 9.17) is 4.74 Å². The zero-order chi connectivity index (χ0) is 18.5. The van der Waals surface area contributed by atoms with Crippen LogP contribution in [0.2, 0.25) is 0 Å². The van der Waals surface area contributed by atoms with E-state index in [1.807, 2.05) is 17.0 Å². The van der Waals surface area contributed by atoms with Gasteiger partial charge in [-0.25, -0.2) is 0 Å².